The van der Waals surface area contributed by atoms with Crippen LogP contribution in [0.5, 0.6) is 0 Å². The van der Waals surface area contributed by atoms with Crippen molar-refractivity contribution in [1.29, 1.82) is 0 Å². The maximum Gasteiger partial charge on any atom is 0.246 e. The van der Waals surface area contributed by atoms with Gasteiger partial charge in [0.25, 0.3) is 0 Å². The third-order valence-electron chi connectivity index (χ3n) is 4.42. The van der Waals surface area contributed by atoms with Crippen molar-refractivity contribution in [2.24, 2.45) is 5.92 Å². The number of nitrogens with one attached hydrogen (secondary N) is 1. The molecule has 0 bridgehead atoms. The molecule has 18 heavy (non-hydrogen) atoms. The molecular formula is C14H24N2O2. The number of nitrogens with zero attached hydrogens (tertiary/aromatic N) is 1. The minimum Gasteiger partial charge on any atom is -0.343 e. The van der Waals surface area contributed by atoms with Gasteiger partial charge in [0.2, 0.25) is 11.8 Å². The van der Waals surface area contributed by atoms with E-state index in [1.165, 1.54) is 6.42 Å². The van der Waals surface area contributed by atoms with E-state index in [1.54, 1.807) is 0 Å². The fourth-order valence-electron chi connectivity index (χ4n) is 3.14. The highest BCUT2D eigenvalue weighted by Crippen LogP contribution is 2.41. The van der Waals surface area contributed by atoms with Crippen LogP contribution in [0.1, 0.15) is 52.9 Å². The first kappa shape index (κ1) is 13.4. The molecule has 0 aromatic rings. The molecule has 0 aromatic carbocycles. The molecular weight excluding hydrogens is 228 g/mol. The Morgan fingerprint density at radius 1 is 1.39 bits per heavy atom. The highest BCUT2D eigenvalue weighted by Gasteiger charge is 2.47. The van der Waals surface area contributed by atoms with E-state index in [0.29, 0.717) is 5.92 Å². The maximum absolute atomic E-state index is 12.5. The molecule has 2 aliphatic rings. The van der Waals surface area contributed by atoms with Crippen LogP contribution in [0.4, 0.5) is 0 Å². The Hall–Kier alpha value is -1.06. The predicted octanol–water partition coefficient (Wildman–Crippen LogP) is 1.69. The van der Waals surface area contributed by atoms with E-state index < -0.39 is 0 Å². The molecule has 102 valence electrons. The Bertz CT molecular complexity index is 342. The van der Waals surface area contributed by atoms with E-state index >= 15 is 0 Å². The molecule has 2 amide bonds. The number of hydrogen-bond acceptors (Lipinski definition) is 2. The number of carbonyl (C=O) groups excluding carboxylic acids is 2. The van der Waals surface area contributed by atoms with Gasteiger partial charge in [-0.05, 0) is 38.0 Å². The maximum atomic E-state index is 12.5. The molecule has 1 saturated carbocycles. The SMILES string of the molecule is CCC1(N2CC(=O)NC(CC(C)C)C2=O)CCC1. The summed E-state index contributed by atoms with van der Waals surface area (Å²) in [5.41, 5.74) is -0.0237. The lowest BCUT2D eigenvalue weighted by Gasteiger charge is -2.52. The van der Waals surface area contributed by atoms with Crippen molar-refractivity contribution in [3.8, 4) is 0 Å². The summed E-state index contributed by atoms with van der Waals surface area (Å²) in [4.78, 5) is 26.2. The number of rotatable bonds is 4. The summed E-state index contributed by atoms with van der Waals surface area (Å²) in [5.74, 6) is 0.544. The summed E-state index contributed by atoms with van der Waals surface area (Å²) in [7, 11) is 0. The summed E-state index contributed by atoms with van der Waals surface area (Å²) in [6, 6.07) is -0.310. The van der Waals surface area contributed by atoms with E-state index in [4.69, 9.17) is 0 Å². The summed E-state index contributed by atoms with van der Waals surface area (Å²) < 4.78 is 0. The van der Waals surface area contributed by atoms with Crippen LogP contribution in [-0.4, -0.2) is 34.8 Å². The first-order valence-electron chi connectivity index (χ1n) is 7.09. The van der Waals surface area contributed by atoms with Gasteiger partial charge in [-0.15, -0.1) is 0 Å². The minimum absolute atomic E-state index is 0.0000231. The molecule has 2 rings (SSSR count). The largest absolute Gasteiger partial charge is 0.343 e. The summed E-state index contributed by atoms with van der Waals surface area (Å²) in [6.45, 7) is 6.53. The monoisotopic (exact) mass is 252 g/mol. The van der Waals surface area contributed by atoms with E-state index in [1.807, 2.05) is 4.90 Å². The standard InChI is InChI=1S/C14H24N2O2/c1-4-14(6-5-7-14)16-9-12(17)15-11(13(16)18)8-10(2)3/h10-11H,4-9H2,1-3H3,(H,15,17). The molecule has 0 aromatic heterocycles. The number of amides is 2. The van der Waals surface area contributed by atoms with Gasteiger partial charge in [-0.2, -0.15) is 0 Å². The second kappa shape index (κ2) is 4.90. The third-order valence-corrected chi connectivity index (χ3v) is 4.42. The molecule has 4 heteroatoms. The molecule has 1 saturated heterocycles. The van der Waals surface area contributed by atoms with Gasteiger partial charge in [-0.3, -0.25) is 9.59 Å². The lowest BCUT2D eigenvalue weighted by atomic mass is 9.72. The van der Waals surface area contributed by atoms with Gasteiger partial charge in [-0.25, -0.2) is 0 Å². The lowest BCUT2D eigenvalue weighted by Crippen LogP contribution is -2.67. The van der Waals surface area contributed by atoms with Crippen molar-refractivity contribution in [2.75, 3.05) is 6.54 Å². The van der Waals surface area contributed by atoms with Crippen LogP contribution in [0.2, 0.25) is 0 Å². The smallest absolute Gasteiger partial charge is 0.246 e. The van der Waals surface area contributed by atoms with Crippen molar-refractivity contribution in [1.82, 2.24) is 10.2 Å². The fourth-order valence-corrected chi connectivity index (χ4v) is 3.14. The topological polar surface area (TPSA) is 49.4 Å². The Kier molecular flexibility index (Phi) is 3.64. The zero-order valence-corrected chi connectivity index (χ0v) is 11.7. The minimum atomic E-state index is -0.310. The van der Waals surface area contributed by atoms with Gasteiger partial charge in [-0.1, -0.05) is 20.8 Å². The molecule has 1 atom stereocenters. The van der Waals surface area contributed by atoms with E-state index in [0.717, 1.165) is 25.7 Å². The first-order valence-corrected chi connectivity index (χ1v) is 7.09. The molecule has 1 aliphatic heterocycles. The second-order valence-electron chi connectivity index (χ2n) is 6.11. The van der Waals surface area contributed by atoms with Crippen LogP contribution in [0, 0.1) is 5.92 Å². The Labute approximate surface area is 109 Å². The summed E-state index contributed by atoms with van der Waals surface area (Å²) >= 11 is 0. The lowest BCUT2D eigenvalue weighted by molar-refractivity contribution is -0.155. The van der Waals surface area contributed by atoms with Crippen molar-refractivity contribution < 1.29 is 9.59 Å². The van der Waals surface area contributed by atoms with Gasteiger partial charge < -0.3 is 10.2 Å². The molecule has 2 fully saturated rings. The Morgan fingerprint density at radius 3 is 2.50 bits per heavy atom. The zero-order chi connectivity index (χ0) is 13.3. The van der Waals surface area contributed by atoms with Gasteiger partial charge in [0, 0.05) is 5.54 Å². The van der Waals surface area contributed by atoms with Gasteiger partial charge in [0.1, 0.15) is 12.6 Å². The van der Waals surface area contributed by atoms with Crippen molar-refractivity contribution in [2.45, 2.75) is 64.5 Å². The average molecular weight is 252 g/mol. The highest BCUT2D eigenvalue weighted by atomic mass is 16.2. The van der Waals surface area contributed by atoms with Gasteiger partial charge in [0.15, 0.2) is 0 Å². The normalized spacial score (nSPS) is 27.1. The van der Waals surface area contributed by atoms with E-state index in [-0.39, 0.29) is 29.9 Å². The molecule has 4 nitrogen and oxygen atoms in total. The second-order valence-corrected chi connectivity index (χ2v) is 6.11. The van der Waals surface area contributed by atoms with Gasteiger partial charge >= 0.3 is 0 Å². The quantitative estimate of drug-likeness (QED) is 0.827. The number of piperazine rings is 1. The number of hydrogen-bond donors (Lipinski definition) is 1. The van der Waals surface area contributed by atoms with Crippen LogP contribution < -0.4 is 5.32 Å². The predicted molar refractivity (Wildman–Crippen MR) is 70.0 cm³/mol. The molecule has 1 unspecified atom stereocenters. The van der Waals surface area contributed by atoms with Gasteiger partial charge in [0.05, 0.1) is 0 Å². The zero-order valence-electron chi connectivity index (χ0n) is 11.7. The van der Waals surface area contributed by atoms with Crippen molar-refractivity contribution in [3.05, 3.63) is 0 Å². The Balaban J connectivity index is 2.14. The van der Waals surface area contributed by atoms with Crippen LogP contribution >= 0.6 is 0 Å². The Morgan fingerprint density at radius 2 is 2.06 bits per heavy atom. The number of carbonyl (C=O) groups is 2. The molecule has 1 heterocycles. The third kappa shape index (κ3) is 2.25. The summed E-state index contributed by atoms with van der Waals surface area (Å²) in [5, 5.41) is 2.84. The van der Waals surface area contributed by atoms with E-state index in [9.17, 15) is 9.59 Å². The fraction of sp³-hybridized carbons (Fsp3) is 0.857. The molecule has 1 aliphatic carbocycles. The van der Waals surface area contributed by atoms with Crippen molar-refractivity contribution >= 4 is 11.8 Å². The van der Waals surface area contributed by atoms with Crippen LogP contribution in [-0.2, 0) is 9.59 Å². The van der Waals surface area contributed by atoms with Crippen molar-refractivity contribution in [3.63, 3.8) is 0 Å². The first-order chi connectivity index (χ1) is 8.48. The molecule has 1 N–H and O–H groups in total. The van der Waals surface area contributed by atoms with Crippen LogP contribution in [0.25, 0.3) is 0 Å². The highest BCUT2D eigenvalue weighted by molar-refractivity contribution is 5.95. The van der Waals surface area contributed by atoms with Crippen LogP contribution in [0.3, 0.4) is 0 Å². The van der Waals surface area contributed by atoms with E-state index in [2.05, 4.69) is 26.1 Å². The average Bonchev–Trinajstić information content (AvgIpc) is 2.23. The molecule has 0 radical (unpaired) electrons. The summed E-state index contributed by atoms with van der Waals surface area (Å²) in [6.07, 6.45) is 4.98. The molecule has 0 spiro atoms. The van der Waals surface area contributed by atoms with Crippen LogP contribution in [0.15, 0.2) is 0 Å².